The quantitative estimate of drug-likeness (QED) is 0.457. The number of para-hydroxylation sites is 1. The van der Waals surface area contributed by atoms with Gasteiger partial charge in [0.2, 0.25) is 5.95 Å². The molecule has 8 heteroatoms. The third kappa shape index (κ3) is 4.09. The molecule has 2 aromatic heterocycles. The smallest absolute Gasteiger partial charge is 0.227 e. The third-order valence-corrected chi connectivity index (χ3v) is 5.96. The Labute approximate surface area is 191 Å². The second-order valence-corrected chi connectivity index (χ2v) is 8.25. The molecule has 0 atom stereocenters. The minimum Gasteiger partial charge on any atom is -0.495 e. The second-order valence-electron chi connectivity index (χ2n) is 7.84. The van der Waals surface area contributed by atoms with Crippen LogP contribution in [-0.2, 0) is 0 Å². The Hall–Kier alpha value is -3.29. The number of ether oxygens (including phenoxy) is 1. The van der Waals surface area contributed by atoms with Crippen LogP contribution in [-0.4, -0.2) is 55.2 Å². The lowest BCUT2D eigenvalue weighted by atomic mass is 10.2. The summed E-state index contributed by atoms with van der Waals surface area (Å²) in [6.45, 7) is 4.01. The van der Waals surface area contributed by atoms with E-state index >= 15 is 0 Å². The van der Waals surface area contributed by atoms with Gasteiger partial charge in [-0.2, -0.15) is 0 Å². The van der Waals surface area contributed by atoms with Crippen LogP contribution in [0.3, 0.4) is 0 Å². The van der Waals surface area contributed by atoms with Crippen molar-refractivity contribution in [1.29, 1.82) is 0 Å². The number of piperazine rings is 1. The highest BCUT2D eigenvalue weighted by atomic mass is 35.5. The van der Waals surface area contributed by atoms with Crippen molar-refractivity contribution in [2.24, 2.45) is 0 Å². The fraction of sp³-hybridized carbons (Fsp3) is 0.250. The van der Waals surface area contributed by atoms with Gasteiger partial charge in [0.1, 0.15) is 17.0 Å². The van der Waals surface area contributed by atoms with Gasteiger partial charge >= 0.3 is 0 Å². The highest BCUT2D eigenvalue weighted by Crippen LogP contribution is 2.34. The van der Waals surface area contributed by atoms with Gasteiger partial charge in [-0.1, -0.05) is 29.8 Å². The summed E-state index contributed by atoms with van der Waals surface area (Å²) in [6.07, 6.45) is 1.58. The van der Waals surface area contributed by atoms with Gasteiger partial charge in [-0.3, -0.25) is 0 Å². The number of anilines is 3. The molecule has 1 fully saturated rings. The number of benzene rings is 2. The number of furan rings is 1. The standard InChI is InChI=1S/C24H24ClN5O2/c1-29-9-11-30(12-10-29)19-8-7-17(14-21(19)31-2)27-24-26-15-18(25)23(28-24)22-13-16-5-3-4-6-20(16)32-22/h3-8,13-15H,9-12H2,1-2H3,(H,26,27,28). The predicted octanol–water partition coefficient (Wildman–Crippen LogP) is 5.05. The summed E-state index contributed by atoms with van der Waals surface area (Å²) >= 11 is 6.38. The van der Waals surface area contributed by atoms with Crippen molar-refractivity contribution in [3.8, 4) is 17.2 Å². The zero-order valence-electron chi connectivity index (χ0n) is 18.0. The molecule has 1 saturated heterocycles. The number of nitrogens with zero attached hydrogens (tertiary/aromatic N) is 4. The summed E-state index contributed by atoms with van der Waals surface area (Å²) in [5.41, 5.74) is 3.25. The van der Waals surface area contributed by atoms with E-state index in [1.165, 1.54) is 0 Å². The van der Waals surface area contributed by atoms with E-state index in [4.69, 9.17) is 20.8 Å². The molecule has 1 N–H and O–H groups in total. The Morgan fingerprint density at radius 1 is 1.06 bits per heavy atom. The lowest BCUT2D eigenvalue weighted by Crippen LogP contribution is -2.44. The molecule has 0 unspecified atom stereocenters. The first-order chi connectivity index (χ1) is 15.6. The van der Waals surface area contributed by atoms with Crippen LogP contribution in [0.25, 0.3) is 22.4 Å². The molecule has 0 spiro atoms. The lowest BCUT2D eigenvalue weighted by Gasteiger charge is -2.34. The van der Waals surface area contributed by atoms with E-state index in [9.17, 15) is 0 Å². The van der Waals surface area contributed by atoms with Crippen LogP contribution in [0.4, 0.5) is 17.3 Å². The Morgan fingerprint density at radius 3 is 2.66 bits per heavy atom. The molecule has 0 bridgehead atoms. The minimum atomic E-state index is 0.428. The van der Waals surface area contributed by atoms with Crippen LogP contribution in [0.2, 0.25) is 5.02 Å². The van der Waals surface area contributed by atoms with E-state index in [-0.39, 0.29) is 0 Å². The summed E-state index contributed by atoms with van der Waals surface area (Å²) < 4.78 is 11.6. The van der Waals surface area contributed by atoms with E-state index in [2.05, 4.69) is 38.2 Å². The zero-order valence-corrected chi connectivity index (χ0v) is 18.8. The van der Waals surface area contributed by atoms with Crippen LogP contribution >= 0.6 is 11.6 Å². The number of hydrogen-bond acceptors (Lipinski definition) is 7. The van der Waals surface area contributed by atoms with Gasteiger partial charge in [0, 0.05) is 43.3 Å². The van der Waals surface area contributed by atoms with Crippen molar-refractivity contribution >= 4 is 39.9 Å². The maximum absolute atomic E-state index is 6.38. The molecule has 0 saturated carbocycles. The average molecular weight is 450 g/mol. The van der Waals surface area contributed by atoms with Crippen LogP contribution in [0.15, 0.2) is 59.1 Å². The van der Waals surface area contributed by atoms with Gasteiger partial charge in [-0.05, 0) is 31.3 Å². The van der Waals surface area contributed by atoms with Crippen molar-refractivity contribution in [2.45, 2.75) is 0 Å². The van der Waals surface area contributed by atoms with Gasteiger partial charge in [0.05, 0.1) is 24.0 Å². The maximum Gasteiger partial charge on any atom is 0.227 e. The van der Waals surface area contributed by atoms with Gasteiger partial charge in [0.25, 0.3) is 0 Å². The third-order valence-electron chi connectivity index (χ3n) is 5.68. The molecule has 3 heterocycles. The Kier molecular flexibility index (Phi) is 5.59. The Morgan fingerprint density at radius 2 is 1.88 bits per heavy atom. The second kappa shape index (κ2) is 8.68. The zero-order chi connectivity index (χ0) is 22.1. The summed E-state index contributed by atoms with van der Waals surface area (Å²) in [5.74, 6) is 1.84. The minimum absolute atomic E-state index is 0.428. The van der Waals surface area contributed by atoms with Crippen molar-refractivity contribution in [1.82, 2.24) is 14.9 Å². The Balaban J connectivity index is 1.41. The summed E-state index contributed by atoms with van der Waals surface area (Å²) in [4.78, 5) is 13.6. The number of hydrogen-bond donors (Lipinski definition) is 1. The van der Waals surface area contributed by atoms with Crippen molar-refractivity contribution in [2.75, 3.05) is 50.6 Å². The molecule has 32 heavy (non-hydrogen) atoms. The molecular formula is C24H24ClN5O2. The van der Waals surface area contributed by atoms with Crippen LogP contribution < -0.4 is 15.0 Å². The SMILES string of the molecule is COc1cc(Nc2ncc(Cl)c(-c3cc4ccccc4o3)n2)ccc1N1CCN(C)CC1. The molecule has 5 rings (SSSR count). The number of methoxy groups -OCH3 is 1. The van der Waals surface area contributed by atoms with Gasteiger partial charge < -0.3 is 24.3 Å². The number of nitrogens with one attached hydrogen (secondary N) is 1. The first-order valence-electron chi connectivity index (χ1n) is 10.5. The topological polar surface area (TPSA) is 66.7 Å². The van der Waals surface area contributed by atoms with Crippen LogP contribution in [0.5, 0.6) is 5.75 Å². The van der Waals surface area contributed by atoms with Crippen molar-refractivity contribution < 1.29 is 9.15 Å². The number of aromatic nitrogens is 2. The van der Waals surface area contributed by atoms with Crippen molar-refractivity contribution in [3.05, 3.63) is 59.8 Å². The van der Waals surface area contributed by atoms with Gasteiger partial charge in [-0.25, -0.2) is 9.97 Å². The molecule has 0 aliphatic carbocycles. The molecule has 164 valence electrons. The van der Waals surface area contributed by atoms with Crippen molar-refractivity contribution in [3.63, 3.8) is 0 Å². The molecule has 1 aliphatic rings. The monoisotopic (exact) mass is 449 g/mol. The average Bonchev–Trinajstić information content (AvgIpc) is 3.25. The summed E-state index contributed by atoms with van der Waals surface area (Å²) in [5, 5.41) is 4.68. The van der Waals surface area contributed by atoms with Crippen LogP contribution in [0, 0.1) is 0 Å². The molecule has 2 aromatic carbocycles. The number of fused-ring (bicyclic) bond motifs is 1. The summed E-state index contributed by atoms with van der Waals surface area (Å²) in [7, 11) is 3.84. The maximum atomic E-state index is 6.38. The van der Waals surface area contributed by atoms with Gasteiger partial charge in [-0.15, -0.1) is 0 Å². The van der Waals surface area contributed by atoms with E-state index in [1.807, 2.05) is 42.5 Å². The predicted molar refractivity (Wildman–Crippen MR) is 128 cm³/mol. The normalized spacial score (nSPS) is 14.7. The van der Waals surface area contributed by atoms with E-state index in [1.54, 1.807) is 13.3 Å². The fourth-order valence-electron chi connectivity index (χ4n) is 3.89. The molecular weight excluding hydrogens is 426 g/mol. The lowest BCUT2D eigenvalue weighted by molar-refractivity contribution is 0.311. The fourth-order valence-corrected chi connectivity index (χ4v) is 4.08. The molecule has 4 aromatic rings. The first kappa shape index (κ1) is 20.6. The molecule has 1 aliphatic heterocycles. The largest absolute Gasteiger partial charge is 0.495 e. The highest BCUT2D eigenvalue weighted by Gasteiger charge is 2.18. The van der Waals surface area contributed by atoms with E-state index in [0.29, 0.717) is 22.4 Å². The number of likely N-dealkylation sites (N-methyl/N-ethyl adjacent to an activating group) is 1. The summed E-state index contributed by atoms with van der Waals surface area (Å²) in [6, 6.07) is 15.8. The molecule has 7 nitrogen and oxygen atoms in total. The first-order valence-corrected chi connectivity index (χ1v) is 10.9. The number of halogens is 1. The van der Waals surface area contributed by atoms with E-state index in [0.717, 1.165) is 54.3 Å². The molecule has 0 radical (unpaired) electrons. The molecule has 0 amide bonds. The van der Waals surface area contributed by atoms with Crippen LogP contribution in [0.1, 0.15) is 0 Å². The highest BCUT2D eigenvalue weighted by molar-refractivity contribution is 6.32. The van der Waals surface area contributed by atoms with E-state index < -0.39 is 0 Å². The van der Waals surface area contributed by atoms with Gasteiger partial charge in [0.15, 0.2) is 5.76 Å². The Bertz CT molecular complexity index is 1220. The number of rotatable bonds is 5.